The monoisotopic (exact) mass is 262 g/mol. The molecular weight excluding hydrogens is 236 g/mol. The fraction of sp³-hybridized carbons (Fsp3) is 0.625. The van der Waals surface area contributed by atoms with Gasteiger partial charge in [-0.1, -0.05) is 24.3 Å². The molecule has 1 saturated carbocycles. The Balaban J connectivity index is 1.63. The number of likely N-dealkylation sites (N-methyl/N-ethyl adjacent to an activating group) is 1. The van der Waals surface area contributed by atoms with Crippen molar-refractivity contribution in [1.82, 2.24) is 10.6 Å². The van der Waals surface area contributed by atoms with Crippen LogP contribution in [-0.4, -0.2) is 33.4 Å². The lowest BCUT2D eigenvalue weighted by atomic mass is 10.0. The SMILES string of the molecule is CNCCc1ccccc1CNCCOCC1CC1. The van der Waals surface area contributed by atoms with Crippen LogP contribution >= 0.6 is 0 Å². The molecule has 3 nitrogen and oxygen atoms in total. The molecule has 0 saturated heterocycles. The number of nitrogens with one attached hydrogen (secondary N) is 2. The fourth-order valence-corrected chi connectivity index (χ4v) is 2.14. The average molecular weight is 262 g/mol. The lowest BCUT2D eigenvalue weighted by molar-refractivity contribution is 0.126. The smallest absolute Gasteiger partial charge is 0.0591 e. The van der Waals surface area contributed by atoms with E-state index >= 15 is 0 Å². The molecule has 0 spiro atoms. The second-order valence-corrected chi connectivity index (χ2v) is 5.32. The van der Waals surface area contributed by atoms with Crippen LogP contribution in [0.4, 0.5) is 0 Å². The lowest BCUT2D eigenvalue weighted by Gasteiger charge is -2.10. The van der Waals surface area contributed by atoms with E-state index in [0.29, 0.717) is 0 Å². The second kappa shape index (κ2) is 8.31. The summed E-state index contributed by atoms with van der Waals surface area (Å²) in [6.45, 7) is 4.69. The van der Waals surface area contributed by atoms with E-state index in [9.17, 15) is 0 Å². The lowest BCUT2D eigenvalue weighted by Crippen LogP contribution is -2.21. The minimum atomic E-state index is 0.829. The number of hydrogen-bond acceptors (Lipinski definition) is 3. The maximum absolute atomic E-state index is 5.62. The zero-order valence-corrected chi connectivity index (χ0v) is 12.0. The maximum Gasteiger partial charge on any atom is 0.0591 e. The Morgan fingerprint density at radius 3 is 2.68 bits per heavy atom. The first kappa shape index (κ1) is 14.5. The molecule has 0 unspecified atom stereocenters. The number of benzene rings is 1. The number of hydrogen-bond donors (Lipinski definition) is 2. The van der Waals surface area contributed by atoms with Crippen LogP contribution in [0.3, 0.4) is 0 Å². The molecule has 0 amide bonds. The van der Waals surface area contributed by atoms with Gasteiger partial charge in [0.1, 0.15) is 0 Å². The van der Waals surface area contributed by atoms with E-state index in [1.165, 1.54) is 24.0 Å². The van der Waals surface area contributed by atoms with Crippen LogP contribution in [0.5, 0.6) is 0 Å². The molecule has 1 aliphatic rings. The molecule has 106 valence electrons. The third-order valence-corrected chi connectivity index (χ3v) is 3.55. The molecule has 0 aromatic heterocycles. The van der Waals surface area contributed by atoms with Crippen LogP contribution in [-0.2, 0) is 17.7 Å². The van der Waals surface area contributed by atoms with Gasteiger partial charge in [-0.2, -0.15) is 0 Å². The normalized spacial score (nSPS) is 14.8. The van der Waals surface area contributed by atoms with Gasteiger partial charge in [0.15, 0.2) is 0 Å². The summed E-state index contributed by atoms with van der Waals surface area (Å²) in [6, 6.07) is 8.66. The molecule has 0 heterocycles. The molecule has 1 aromatic carbocycles. The molecular formula is C16H26N2O. The highest BCUT2D eigenvalue weighted by molar-refractivity contribution is 5.27. The van der Waals surface area contributed by atoms with Crippen LogP contribution in [0.2, 0.25) is 0 Å². The highest BCUT2D eigenvalue weighted by Crippen LogP contribution is 2.28. The van der Waals surface area contributed by atoms with Crippen molar-refractivity contribution in [1.29, 1.82) is 0 Å². The van der Waals surface area contributed by atoms with Gasteiger partial charge in [-0.05, 0) is 49.9 Å². The van der Waals surface area contributed by atoms with Crippen LogP contribution in [0, 0.1) is 5.92 Å². The molecule has 0 atom stereocenters. The number of rotatable bonds is 10. The Bertz CT molecular complexity index is 364. The molecule has 0 radical (unpaired) electrons. The van der Waals surface area contributed by atoms with E-state index in [4.69, 9.17) is 4.74 Å². The van der Waals surface area contributed by atoms with Crippen LogP contribution in [0.1, 0.15) is 24.0 Å². The second-order valence-electron chi connectivity index (χ2n) is 5.32. The Morgan fingerprint density at radius 1 is 1.16 bits per heavy atom. The minimum Gasteiger partial charge on any atom is -0.380 e. The zero-order valence-electron chi connectivity index (χ0n) is 12.0. The predicted octanol–water partition coefficient (Wildman–Crippen LogP) is 1.96. The molecule has 2 rings (SSSR count). The van der Waals surface area contributed by atoms with Crippen molar-refractivity contribution < 1.29 is 4.74 Å². The quantitative estimate of drug-likeness (QED) is 0.633. The Labute approximate surface area is 116 Å². The highest BCUT2D eigenvalue weighted by Gasteiger charge is 2.20. The van der Waals surface area contributed by atoms with Crippen molar-refractivity contribution in [3.63, 3.8) is 0 Å². The summed E-state index contributed by atoms with van der Waals surface area (Å²) in [5, 5.41) is 6.67. The van der Waals surface area contributed by atoms with Crippen LogP contribution in [0.25, 0.3) is 0 Å². The maximum atomic E-state index is 5.62. The van der Waals surface area contributed by atoms with Gasteiger partial charge >= 0.3 is 0 Å². The summed E-state index contributed by atoms with van der Waals surface area (Å²) < 4.78 is 5.62. The average Bonchev–Trinajstić information content (AvgIpc) is 3.25. The van der Waals surface area contributed by atoms with E-state index < -0.39 is 0 Å². The first-order valence-electron chi connectivity index (χ1n) is 7.40. The van der Waals surface area contributed by atoms with E-state index in [1.54, 1.807) is 0 Å². The molecule has 0 bridgehead atoms. The summed E-state index contributed by atoms with van der Waals surface area (Å²) in [6.07, 6.45) is 3.82. The van der Waals surface area contributed by atoms with E-state index in [-0.39, 0.29) is 0 Å². The predicted molar refractivity (Wildman–Crippen MR) is 79.3 cm³/mol. The van der Waals surface area contributed by atoms with Crippen molar-refractivity contribution >= 4 is 0 Å². The van der Waals surface area contributed by atoms with Crippen molar-refractivity contribution in [3.05, 3.63) is 35.4 Å². The summed E-state index contributed by atoms with van der Waals surface area (Å²) in [5.74, 6) is 0.863. The summed E-state index contributed by atoms with van der Waals surface area (Å²) in [5.41, 5.74) is 2.84. The van der Waals surface area contributed by atoms with Crippen LogP contribution in [0.15, 0.2) is 24.3 Å². The van der Waals surface area contributed by atoms with Gasteiger partial charge < -0.3 is 15.4 Å². The van der Waals surface area contributed by atoms with Gasteiger partial charge in [0.25, 0.3) is 0 Å². The Morgan fingerprint density at radius 2 is 1.95 bits per heavy atom. The fourth-order valence-electron chi connectivity index (χ4n) is 2.14. The summed E-state index contributed by atoms with van der Waals surface area (Å²) in [7, 11) is 2.00. The summed E-state index contributed by atoms with van der Waals surface area (Å²) >= 11 is 0. The summed E-state index contributed by atoms with van der Waals surface area (Å²) in [4.78, 5) is 0. The molecule has 1 fully saturated rings. The Kier molecular flexibility index (Phi) is 6.34. The zero-order chi connectivity index (χ0) is 13.3. The van der Waals surface area contributed by atoms with Crippen molar-refractivity contribution in [2.75, 3.05) is 33.4 Å². The first-order chi connectivity index (χ1) is 9.40. The molecule has 19 heavy (non-hydrogen) atoms. The first-order valence-corrected chi connectivity index (χ1v) is 7.40. The molecule has 2 N–H and O–H groups in total. The standard InChI is InChI=1S/C16H26N2O/c1-17-9-8-15-4-2-3-5-16(15)12-18-10-11-19-13-14-6-7-14/h2-5,14,17-18H,6-13H2,1H3. The number of ether oxygens (including phenoxy) is 1. The third-order valence-electron chi connectivity index (χ3n) is 3.55. The van der Waals surface area contributed by atoms with E-state index in [1.807, 2.05) is 7.05 Å². The largest absolute Gasteiger partial charge is 0.380 e. The van der Waals surface area contributed by atoms with Gasteiger partial charge in [-0.3, -0.25) is 0 Å². The van der Waals surface area contributed by atoms with Gasteiger partial charge in [-0.25, -0.2) is 0 Å². The minimum absolute atomic E-state index is 0.829. The van der Waals surface area contributed by atoms with Crippen molar-refractivity contribution in [2.24, 2.45) is 5.92 Å². The van der Waals surface area contributed by atoms with Gasteiger partial charge in [-0.15, -0.1) is 0 Å². The highest BCUT2D eigenvalue weighted by atomic mass is 16.5. The molecule has 0 aliphatic heterocycles. The molecule has 1 aromatic rings. The Hall–Kier alpha value is -0.900. The topological polar surface area (TPSA) is 33.3 Å². The third kappa shape index (κ3) is 5.72. The van der Waals surface area contributed by atoms with Gasteiger partial charge in [0.2, 0.25) is 0 Å². The van der Waals surface area contributed by atoms with Crippen LogP contribution < -0.4 is 10.6 Å². The van der Waals surface area contributed by atoms with Gasteiger partial charge in [0, 0.05) is 19.7 Å². The molecule has 3 heteroatoms. The van der Waals surface area contributed by atoms with Crippen molar-refractivity contribution in [3.8, 4) is 0 Å². The van der Waals surface area contributed by atoms with Gasteiger partial charge in [0.05, 0.1) is 6.61 Å². The molecule has 1 aliphatic carbocycles. The van der Waals surface area contributed by atoms with E-state index in [0.717, 1.165) is 45.2 Å². The van der Waals surface area contributed by atoms with E-state index in [2.05, 4.69) is 34.9 Å². The van der Waals surface area contributed by atoms with Crippen molar-refractivity contribution in [2.45, 2.75) is 25.8 Å².